The van der Waals surface area contributed by atoms with Crippen molar-refractivity contribution in [2.24, 2.45) is 5.92 Å². The summed E-state index contributed by atoms with van der Waals surface area (Å²) in [4.78, 5) is 35.8. The van der Waals surface area contributed by atoms with Crippen molar-refractivity contribution in [2.45, 2.75) is 38.7 Å². The molecule has 1 fully saturated rings. The summed E-state index contributed by atoms with van der Waals surface area (Å²) >= 11 is 3.23. The minimum atomic E-state index is -1.13. The van der Waals surface area contributed by atoms with Crippen LogP contribution in [-0.2, 0) is 9.53 Å². The third-order valence-corrected chi connectivity index (χ3v) is 5.67. The molecule has 0 bridgehead atoms. The van der Waals surface area contributed by atoms with Crippen molar-refractivity contribution < 1.29 is 29.0 Å². The quantitative estimate of drug-likeness (QED) is 0.536. The fourth-order valence-corrected chi connectivity index (χ4v) is 3.91. The summed E-state index contributed by atoms with van der Waals surface area (Å²) in [5.41, 5.74) is 0.609. The zero-order valence-corrected chi connectivity index (χ0v) is 18.7. The minimum absolute atomic E-state index is 0.00102. The fourth-order valence-electron chi connectivity index (χ4n) is 3.55. The molecular formula is C23H24BrNO6. The number of benzene rings is 2. The molecule has 2 aromatic rings. The molecule has 2 aromatic carbocycles. The molecule has 3 rings (SSSR count). The van der Waals surface area contributed by atoms with Gasteiger partial charge in [-0.3, -0.25) is 9.59 Å². The Bertz CT molecular complexity index is 951. The second-order valence-electron chi connectivity index (χ2n) is 7.32. The lowest BCUT2D eigenvalue weighted by molar-refractivity contribution is -0.149. The molecule has 1 aliphatic rings. The molecule has 8 heteroatoms. The number of aromatic carboxylic acids is 1. The van der Waals surface area contributed by atoms with E-state index >= 15 is 0 Å². The summed E-state index contributed by atoms with van der Waals surface area (Å²) in [6.45, 7) is 2.20. The van der Waals surface area contributed by atoms with Gasteiger partial charge in [-0.25, -0.2) is 4.79 Å². The number of carboxylic acids is 1. The van der Waals surface area contributed by atoms with Gasteiger partial charge in [-0.2, -0.15) is 0 Å². The van der Waals surface area contributed by atoms with Gasteiger partial charge in [0.25, 0.3) is 5.91 Å². The highest BCUT2D eigenvalue weighted by Gasteiger charge is 2.28. The molecule has 1 saturated carbocycles. The van der Waals surface area contributed by atoms with Crippen LogP contribution in [0.3, 0.4) is 0 Å². The summed E-state index contributed by atoms with van der Waals surface area (Å²) in [6.07, 6.45) is 3.04. The van der Waals surface area contributed by atoms with Crippen LogP contribution in [0.1, 0.15) is 53.3 Å². The first-order chi connectivity index (χ1) is 14.9. The molecule has 0 aliphatic heterocycles. The van der Waals surface area contributed by atoms with Crippen molar-refractivity contribution in [3.63, 3.8) is 0 Å². The van der Waals surface area contributed by atoms with Crippen molar-refractivity contribution in [3.8, 4) is 5.75 Å². The van der Waals surface area contributed by atoms with E-state index in [-0.39, 0.29) is 29.2 Å². The molecule has 7 nitrogen and oxygen atoms in total. The Labute approximate surface area is 188 Å². The first-order valence-corrected chi connectivity index (χ1v) is 10.9. The summed E-state index contributed by atoms with van der Waals surface area (Å²) in [6, 6.07) is 11.3. The average molecular weight is 490 g/mol. The second kappa shape index (κ2) is 10.4. The normalized spacial score (nSPS) is 18.1. The number of hydrogen-bond donors (Lipinski definition) is 2. The Hall–Kier alpha value is -2.87. The Morgan fingerprint density at radius 1 is 1.06 bits per heavy atom. The average Bonchev–Trinajstić information content (AvgIpc) is 2.76. The van der Waals surface area contributed by atoms with Gasteiger partial charge in [0.1, 0.15) is 5.75 Å². The first-order valence-electron chi connectivity index (χ1n) is 10.1. The topological polar surface area (TPSA) is 102 Å². The number of anilines is 1. The Balaban J connectivity index is 1.57. The molecule has 1 amide bonds. The van der Waals surface area contributed by atoms with Crippen LogP contribution in [0.2, 0.25) is 0 Å². The van der Waals surface area contributed by atoms with Gasteiger partial charge in [0, 0.05) is 10.0 Å². The number of carboxylic acid groups (broad SMARTS) is 1. The van der Waals surface area contributed by atoms with E-state index < -0.39 is 11.9 Å². The van der Waals surface area contributed by atoms with E-state index in [1.165, 1.54) is 12.1 Å². The maximum Gasteiger partial charge on any atom is 0.337 e. The summed E-state index contributed by atoms with van der Waals surface area (Å²) in [5.74, 6) is -1.08. The number of halogens is 1. The first kappa shape index (κ1) is 22.8. The molecule has 164 valence electrons. The zero-order chi connectivity index (χ0) is 22.4. The predicted octanol–water partition coefficient (Wildman–Crippen LogP) is 4.90. The number of esters is 1. The lowest BCUT2D eigenvalue weighted by atomic mass is 9.87. The van der Waals surface area contributed by atoms with Crippen molar-refractivity contribution >= 4 is 39.5 Å². The van der Waals surface area contributed by atoms with Crippen molar-refractivity contribution in [3.05, 3.63) is 58.1 Å². The van der Waals surface area contributed by atoms with Gasteiger partial charge in [-0.05, 0) is 75.1 Å². The van der Waals surface area contributed by atoms with E-state index in [2.05, 4.69) is 21.2 Å². The van der Waals surface area contributed by atoms with Crippen LogP contribution in [0.5, 0.6) is 5.75 Å². The summed E-state index contributed by atoms with van der Waals surface area (Å²) in [5, 5.41) is 12.0. The number of ether oxygens (including phenoxy) is 2. The largest absolute Gasteiger partial charge is 0.490 e. The lowest BCUT2D eigenvalue weighted by Gasteiger charge is -2.27. The number of carbonyl (C=O) groups is 3. The number of hydrogen-bond acceptors (Lipinski definition) is 5. The SMILES string of the molecule is CCOC(=O)C1CCC(Oc2ccc(C(=O)Nc3ccc(Br)cc3C(=O)O)cc2)CC1. The maximum absolute atomic E-state index is 12.5. The van der Waals surface area contributed by atoms with E-state index in [4.69, 9.17) is 9.47 Å². The van der Waals surface area contributed by atoms with Crippen LogP contribution in [0.4, 0.5) is 5.69 Å². The number of rotatable bonds is 7. The third-order valence-electron chi connectivity index (χ3n) is 5.17. The second-order valence-corrected chi connectivity index (χ2v) is 8.23. The van der Waals surface area contributed by atoms with Crippen LogP contribution < -0.4 is 10.1 Å². The van der Waals surface area contributed by atoms with Crippen molar-refractivity contribution in [1.29, 1.82) is 0 Å². The van der Waals surface area contributed by atoms with Crippen LogP contribution in [0.25, 0.3) is 0 Å². The van der Waals surface area contributed by atoms with E-state index in [0.29, 0.717) is 22.4 Å². The molecule has 0 aromatic heterocycles. The van der Waals surface area contributed by atoms with E-state index in [1.54, 1.807) is 37.3 Å². The molecule has 0 heterocycles. The fraction of sp³-hybridized carbons (Fsp3) is 0.348. The molecule has 0 atom stereocenters. The van der Waals surface area contributed by atoms with Crippen LogP contribution >= 0.6 is 15.9 Å². The van der Waals surface area contributed by atoms with E-state index in [0.717, 1.165) is 25.7 Å². The highest BCUT2D eigenvalue weighted by Crippen LogP contribution is 2.29. The van der Waals surface area contributed by atoms with Gasteiger partial charge >= 0.3 is 11.9 Å². The Morgan fingerprint density at radius 2 is 1.74 bits per heavy atom. The van der Waals surface area contributed by atoms with Gasteiger partial charge in [0.2, 0.25) is 0 Å². The predicted molar refractivity (Wildman–Crippen MR) is 119 cm³/mol. The minimum Gasteiger partial charge on any atom is -0.490 e. The number of nitrogens with one attached hydrogen (secondary N) is 1. The molecule has 31 heavy (non-hydrogen) atoms. The number of carbonyl (C=O) groups excluding carboxylic acids is 2. The monoisotopic (exact) mass is 489 g/mol. The van der Waals surface area contributed by atoms with Gasteiger partial charge in [0.05, 0.1) is 29.9 Å². The molecule has 0 saturated heterocycles. The van der Waals surface area contributed by atoms with Crippen molar-refractivity contribution in [1.82, 2.24) is 0 Å². The standard InChI is InChI=1S/C23H24BrNO6/c1-2-30-23(29)15-5-10-18(11-6-15)31-17-8-3-14(4-9-17)21(26)25-20-12-7-16(24)13-19(20)22(27)28/h3-4,7-9,12-13,15,18H,2,5-6,10-11H2,1H3,(H,25,26)(H,27,28). The Morgan fingerprint density at radius 3 is 2.35 bits per heavy atom. The molecule has 0 unspecified atom stereocenters. The third kappa shape index (κ3) is 6.07. The van der Waals surface area contributed by atoms with Gasteiger partial charge in [-0.15, -0.1) is 0 Å². The van der Waals surface area contributed by atoms with Gasteiger partial charge in [0.15, 0.2) is 0 Å². The van der Waals surface area contributed by atoms with Gasteiger partial charge < -0.3 is 19.9 Å². The molecule has 0 spiro atoms. The van der Waals surface area contributed by atoms with E-state index in [9.17, 15) is 19.5 Å². The smallest absolute Gasteiger partial charge is 0.337 e. The number of amides is 1. The highest BCUT2D eigenvalue weighted by molar-refractivity contribution is 9.10. The summed E-state index contributed by atoms with van der Waals surface area (Å²) < 4.78 is 11.7. The highest BCUT2D eigenvalue weighted by atomic mass is 79.9. The van der Waals surface area contributed by atoms with Crippen molar-refractivity contribution in [2.75, 3.05) is 11.9 Å². The van der Waals surface area contributed by atoms with Crippen LogP contribution in [-0.4, -0.2) is 35.7 Å². The lowest BCUT2D eigenvalue weighted by Crippen LogP contribution is -2.29. The summed E-state index contributed by atoms with van der Waals surface area (Å²) in [7, 11) is 0. The maximum atomic E-state index is 12.5. The Kier molecular flexibility index (Phi) is 7.68. The van der Waals surface area contributed by atoms with E-state index in [1.807, 2.05) is 0 Å². The van der Waals surface area contributed by atoms with Crippen LogP contribution in [0.15, 0.2) is 46.9 Å². The molecule has 1 aliphatic carbocycles. The zero-order valence-electron chi connectivity index (χ0n) is 17.1. The molecule has 0 radical (unpaired) electrons. The molecule has 2 N–H and O–H groups in total. The van der Waals surface area contributed by atoms with Gasteiger partial charge in [-0.1, -0.05) is 15.9 Å². The molecular weight excluding hydrogens is 466 g/mol. The van der Waals surface area contributed by atoms with Crippen LogP contribution in [0, 0.1) is 5.92 Å².